The molecular formula is C38H46N2O10S. The molecule has 0 unspecified atom stereocenters. The molecule has 2 N–H and O–H groups in total. The van der Waals surface area contributed by atoms with Gasteiger partial charge in [-0.1, -0.05) is 55.8 Å². The van der Waals surface area contributed by atoms with Crippen molar-refractivity contribution < 1.29 is 46.4 Å². The maximum absolute atomic E-state index is 15.3. The van der Waals surface area contributed by atoms with Crippen LogP contribution in [0, 0.1) is 5.92 Å². The number of carbonyl (C=O) groups excluding carboxylic acids is 1. The maximum atomic E-state index is 15.3. The second kappa shape index (κ2) is 13.9. The van der Waals surface area contributed by atoms with Crippen LogP contribution >= 0.6 is 0 Å². The van der Waals surface area contributed by atoms with Gasteiger partial charge in [-0.25, -0.2) is 13.2 Å². The molecule has 3 aromatic rings. The van der Waals surface area contributed by atoms with E-state index in [-0.39, 0.29) is 43.6 Å². The second-order valence-corrected chi connectivity index (χ2v) is 16.2. The van der Waals surface area contributed by atoms with Gasteiger partial charge in [-0.05, 0) is 68.5 Å². The Balaban J connectivity index is 1.31. The van der Waals surface area contributed by atoms with Gasteiger partial charge in [0.05, 0.1) is 24.0 Å². The van der Waals surface area contributed by atoms with Gasteiger partial charge >= 0.3 is 6.09 Å². The molecule has 0 aliphatic carbocycles. The highest BCUT2D eigenvalue weighted by Crippen LogP contribution is 2.56. The Morgan fingerprint density at radius 3 is 2.49 bits per heavy atom. The zero-order valence-electron chi connectivity index (χ0n) is 29.2. The Hall–Kier alpha value is -3.88. The SMILES string of the molecule is CCCC[C@]1(S(=O)(=O)c2ccc3c(c2)OCO3)OC(C)(C)N(C(=O)O[C@H]2CO[C@H]3OCC[C@H]32)[C@]1(CN)Cc1ccc(OCc2ccccc2)cc1. The zero-order chi connectivity index (χ0) is 35.9. The number of benzene rings is 3. The van der Waals surface area contributed by atoms with E-state index in [0.29, 0.717) is 49.7 Å². The lowest BCUT2D eigenvalue weighted by molar-refractivity contribution is -0.0922. The molecule has 274 valence electrons. The van der Waals surface area contributed by atoms with Gasteiger partial charge in [0.1, 0.15) is 29.7 Å². The van der Waals surface area contributed by atoms with E-state index in [1.54, 1.807) is 19.9 Å². The molecule has 0 aromatic heterocycles. The van der Waals surface area contributed by atoms with Gasteiger partial charge in [0.25, 0.3) is 0 Å². The summed E-state index contributed by atoms with van der Waals surface area (Å²) < 4.78 is 72.3. The quantitative estimate of drug-likeness (QED) is 0.251. The molecule has 51 heavy (non-hydrogen) atoms. The number of fused-ring (bicyclic) bond motifs is 2. The summed E-state index contributed by atoms with van der Waals surface area (Å²) in [7, 11) is -4.42. The Labute approximate surface area is 299 Å². The molecular weight excluding hydrogens is 676 g/mol. The minimum atomic E-state index is -4.42. The largest absolute Gasteiger partial charge is 0.489 e. The number of sulfone groups is 1. The molecule has 1 amide bonds. The summed E-state index contributed by atoms with van der Waals surface area (Å²) in [5.41, 5.74) is 5.48. The molecule has 3 fully saturated rings. The maximum Gasteiger partial charge on any atom is 0.413 e. The van der Waals surface area contributed by atoms with Crippen LogP contribution < -0.4 is 19.9 Å². The molecule has 12 nitrogen and oxygen atoms in total. The van der Waals surface area contributed by atoms with Gasteiger partial charge < -0.3 is 38.9 Å². The molecule has 4 heterocycles. The van der Waals surface area contributed by atoms with Crippen molar-refractivity contribution in [2.24, 2.45) is 11.7 Å². The molecule has 3 saturated heterocycles. The van der Waals surface area contributed by atoms with Gasteiger partial charge in [-0.2, -0.15) is 0 Å². The lowest BCUT2D eigenvalue weighted by Crippen LogP contribution is -2.69. The second-order valence-electron chi connectivity index (χ2n) is 14.0. The predicted octanol–water partition coefficient (Wildman–Crippen LogP) is 5.56. The number of hydrogen-bond acceptors (Lipinski definition) is 11. The van der Waals surface area contributed by atoms with Crippen molar-refractivity contribution in [1.82, 2.24) is 4.90 Å². The van der Waals surface area contributed by atoms with Crippen LogP contribution in [-0.2, 0) is 41.8 Å². The fourth-order valence-electron chi connectivity index (χ4n) is 8.04. The molecule has 0 saturated carbocycles. The monoisotopic (exact) mass is 722 g/mol. The summed E-state index contributed by atoms with van der Waals surface area (Å²) in [4.78, 5) is 14.1. The average Bonchev–Trinajstić information content (AvgIpc) is 3.91. The van der Waals surface area contributed by atoms with Gasteiger partial charge in [0.15, 0.2) is 17.8 Å². The summed E-state index contributed by atoms with van der Waals surface area (Å²) >= 11 is 0. The third kappa shape index (κ3) is 6.22. The van der Waals surface area contributed by atoms with Crippen LogP contribution in [0.1, 0.15) is 57.6 Å². The van der Waals surface area contributed by atoms with Crippen LogP contribution in [0.25, 0.3) is 0 Å². The summed E-state index contributed by atoms with van der Waals surface area (Å²) in [6.07, 6.45) is 0.197. The van der Waals surface area contributed by atoms with Crippen LogP contribution in [0.15, 0.2) is 77.7 Å². The van der Waals surface area contributed by atoms with Crippen molar-refractivity contribution in [3.05, 3.63) is 83.9 Å². The number of unbranched alkanes of at least 4 members (excludes halogenated alkanes) is 1. The van der Waals surface area contributed by atoms with Crippen molar-refractivity contribution in [2.45, 2.75) is 93.0 Å². The summed E-state index contributed by atoms with van der Waals surface area (Å²) in [6.45, 7) is 6.16. The van der Waals surface area contributed by atoms with E-state index < -0.39 is 44.5 Å². The zero-order valence-corrected chi connectivity index (χ0v) is 30.1. The summed E-state index contributed by atoms with van der Waals surface area (Å²) in [5.74, 6) is 1.28. The molecule has 3 aromatic carbocycles. The molecule has 0 bridgehead atoms. The minimum Gasteiger partial charge on any atom is -0.489 e. The Morgan fingerprint density at radius 1 is 0.980 bits per heavy atom. The van der Waals surface area contributed by atoms with Gasteiger partial charge in [0.2, 0.25) is 21.6 Å². The van der Waals surface area contributed by atoms with E-state index in [4.69, 9.17) is 38.9 Å². The first kappa shape index (κ1) is 35.5. The highest BCUT2D eigenvalue weighted by Gasteiger charge is 2.74. The van der Waals surface area contributed by atoms with E-state index in [0.717, 1.165) is 11.1 Å². The smallest absolute Gasteiger partial charge is 0.413 e. The molecule has 0 spiro atoms. The lowest BCUT2D eigenvalue weighted by atomic mass is 9.81. The topological polar surface area (TPSA) is 145 Å². The van der Waals surface area contributed by atoms with Crippen molar-refractivity contribution >= 4 is 15.9 Å². The first-order valence-electron chi connectivity index (χ1n) is 17.6. The van der Waals surface area contributed by atoms with Crippen LogP contribution in [0.2, 0.25) is 0 Å². The van der Waals surface area contributed by atoms with E-state index in [2.05, 4.69) is 0 Å². The van der Waals surface area contributed by atoms with Crippen LogP contribution in [-0.4, -0.2) is 74.6 Å². The Kier molecular flexibility index (Phi) is 9.70. The van der Waals surface area contributed by atoms with E-state index in [9.17, 15) is 4.79 Å². The van der Waals surface area contributed by atoms with Crippen molar-refractivity contribution in [3.63, 3.8) is 0 Å². The van der Waals surface area contributed by atoms with Gasteiger partial charge in [-0.3, -0.25) is 4.90 Å². The van der Waals surface area contributed by atoms with Crippen molar-refractivity contribution in [3.8, 4) is 17.2 Å². The highest BCUT2D eigenvalue weighted by molar-refractivity contribution is 7.92. The molecule has 7 rings (SSSR count). The van der Waals surface area contributed by atoms with Crippen LogP contribution in [0.3, 0.4) is 0 Å². The fourth-order valence-corrected chi connectivity index (χ4v) is 10.4. The number of hydrogen-bond donors (Lipinski definition) is 1. The lowest BCUT2D eigenvalue weighted by Gasteiger charge is -2.47. The molecule has 4 aliphatic rings. The Morgan fingerprint density at radius 2 is 1.75 bits per heavy atom. The van der Waals surface area contributed by atoms with Crippen LogP contribution in [0.5, 0.6) is 17.2 Å². The van der Waals surface area contributed by atoms with E-state index in [1.807, 2.05) is 61.5 Å². The number of amides is 1. The number of ether oxygens (including phenoxy) is 7. The number of carbonyl (C=O) groups is 1. The van der Waals surface area contributed by atoms with Crippen LogP contribution in [0.4, 0.5) is 4.79 Å². The Bertz CT molecular complexity index is 1820. The predicted molar refractivity (Wildman–Crippen MR) is 186 cm³/mol. The van der Waals surface area contributed by atoms with E-state index in [1.165, 1.54) is 17.0 Å². The summed E-state index contributed by atoms with van der Waals surface area (Å²) in [5, 5.41) is 0. The number of rotatable bonds is 12. The highest BCUT2D eigenvalue weighted by atomic mass is 32.2. The standard InChI is InChI=1S/C38H46N2O10S/c1-4-5-18-38(51(42,43)29-15-16-31-32(20-29)48-25-47-31)37(24-39,21-26-11-13-28(14-12-26)45-22-27-9-7-6-8-10-27)40(36(2,3)50-38)35(41)49-33-23-46-34-30(33)17-19-44-34/h6-16,20,30,33-34H,4-5,17-19,21-25,39H2,1-3H3/t30-,33-,34+,37-,38+/m0/s1. The minimum absolute atomic E-state index is 0.0153. The number of nitrogens with two attached hydrogens (primary N) is 1. The third-order valence-electron chi connectivity index (χ3n) is 10.5. The molecule has 0 radical (unpaired) electrons. The normalized spacial score (nSPS) is 27.8. The number of nitrogens with zero attached hydrogens (tertiary/aromatic N) is 1. The average molecular weight is 723 g/mol. The molecule has 13 heteroatoms. The first-order chi connectivity index (χ1) is 24.5. The van der Waals surface area contributed by atoms with Crippen molar-refractivity contribution in [1.29, 1.82) is 0 Å². The molecule has 5 atom stereocenters. The van der Waals surface area contributed by atoms with E-state index >= 15 is 8.42 Å². The van der Waals surface area contributed by atoms with Gasteiger partial charge in [-0.15, -0.1) is 0 Å². The van der Waals surface area contributed by atoms with Gasteiger partial charge in [0, 0.05) is 19.0 Å². The third-order valence-corrected chi connectivity index (χ3v) is 12.9. The molecule has 4 aliphatic heterocycles. The first-order valence-corrected chi connectivity index (χ1v) is 19.1. The summed E-state index contributed by atoms with van der Waals surface area (Å²) in [6, 6.07) is 21.8. The van der Waals surface area contributed by atoms with Crippen molar-refractivity contribution in [2.75, 3.05) is 26.6 Å². The fraction of sp³-hybridized carbons (Fsp3) is 0.500.